The van der Waals surface area contributed by atoms with Crippen molar-refractivity contribution < 1.29 is 4.79 Å². The number of nitrogens with one attached hydrogen (secondary N) is 1. The van der Waals surface area contributed by atoms with Crippen molar-refractivity contribution in [2.24, 2.45) is 0 Å². The molecule has 0 heterocycles. The third kappa shape index (κ3) is 6.12. The van der Waals surface area contributed by atoms with Gasteiger partial charge in [-0.3, -0.25) is 9.69 Å². The first-order valence-corrected chi connectivity index (χ1v) is 11.3. The molecule has 0 unspecified atom stereocenters. The average Bonchev–Trinajstić information content (AvgIpc) is 2.77. The fourth-order valence-electron chi connectivity index (χ4n) is 3.74. The van der Waals surface area contributed by atoms with Gasteiger partial charge >= 0.3 is 0 Å². The predicted octanol–water partition coefficient (Wildman–Crippen LogP) is 6.10. The zero-order valence-corrected chi connectivity index (χ0v) is 19.2. The van der Waals surface area contributed by atoms with Crippen LogP contribution in [-0.2, 0) is 6.54 Å². The Labute approximate surface area is 190 Å². The van der Waals surface area contributed by atoms with Crippen molar-refractivity contribution in [3.8, 4) is 11.1 Å². The van der Waals surface area contributed by atoms with Crippen molar-refractivity contribution in [2.45, 2.75) is 38.1 Å². The molecule has 0 saturated carbocycles. The molecule has 0 saturated heterocycles. The molecule has 3 aromatic rings. The van der Waals surface area contributed by atoms with Gasteiger partial charge in [0.15, 0.2) is 0 Å². The second-order valence-electron chi connectivity index (χ2n) is 7.74. The van der Waals surface area contributed by atoms with Crippen molar-refractivity contribution in [3.05, 3.63) is 77.9 Å². The highest BCUT2D eigenvalue weighted by Crippen LogP contribution is 2.27. The largest absolute Gasteiger partial charge is 0.398 e. The summed E-state index contributed by atoms with van der Waals surface area (Å²) in [5.74, 6) is -0.148. The highest BCUT2D eigenvalue weighted by molar-refractivity contribution is 7.80. The minimum absolute atomic E-state index is 0.148. The van der Waals surface area contributed by atoms with Crippen molar-refractivity contribution in [2.75, 3.05) is 24.1 Å². The van der Waals surface area contributed by atoms with Crippen LogP contribution in [0.3, 0.4) is 0 Å². The molecule has 0 radical (unpaired) electrons. The Morgan fingerprint density at radius 1 is 0.968 bits per heavy atom. The molecule has 0 bridgehead atoms. The molecule has 31 heavy (non-hydrogen) atoms. The fourth-order valence-corrected chi connectivity index (χ4v) is 3.88. The molecular weight excluding hydrogens is 402 g/mol. The Kier molecular flexibility index (Phi) is 8.15. The number of anilines is 2. The molecular formula is C26H31N3OS. The molecule has 1 amide bonds. The molecule has 0 fully saturated rings. The van der Waals surface area contributed by atoms with Crippen molar-refractivity contribution in [3.63, 3.8) is 0 Å². The van der Waals surface area contributed by atoms with E-state index < -0.39 is 0 Å². The van der Waals surface area contributed by atoms with Gasteiger partial charge in [-0.05, 0) is 73.0 Å². The molecule has 162 valence electrons. The van der Waals surface area contributed by atoms with Gasteiger partial charge in [-0.15, -0.1) is 12.6 Å². The summed E-state index contributed by atoms with van der Waals surface area (Å²) in [5.41, 5.74) is 11.2. The van der Waals surface area contributed by atoms with Gasteiger partial charge in [0.1, 0.15) is 0 Å². The summed E-state index contributed by atoms with van der Waals surface area (Å²) in [6.07, 6.45) is 2.20. The standard InChI is InChI=1S/C26H31N3OS/c1-3-14-29(15-4-2)18-21-16-20(10-12-23(21)19-8-6-5-7-9-19)26(30)28-22-11-13-25(31)24(27)17-22/h5-13,16-17,31H,3-4,14-15,18,27H2,1-2H3,(H,28,30). The zero-order valence-electron chi connectivity index (χ0n) is 18.3. The Hall–Kier alpha value is -2.76. The van der Waals surface area contributed by atoms with Crippen molar-refractivity contribution in [1.82, 2.24) is 4.90 Å². The first-order valence-electron chi connectivity index (χ1n) is 10.8. The molecule has 3 aromatic carbocycles. The third-order valence-corrected chi connectivity index (χ3v) is 5.62. The van der Waals surface area contributed by atoms with Crippen molar-refractivity contribution in [1.29, 1.82) is 0 Å². The van der Waals surface area contributed by atoms with Crippen LogP contribution in [0.15, 0.2) is 71.6 Å². The van der Waals surface area contributed by atoms with Crippen LogP contribution in [0, 0.1) is 0 Å². The number of hydrogen-bond donors (Lipinski definition) is 3. The van der Waals surface area contributed by atoms with Crippen LogP contribution in [0.25, 0.3) is 11.1 Å². The highest BCUT2D eigenvalue weighted by atomic mass is 32.1. The van der Waals surface area contributed by atoms with E-state index in [0.717, 1.165) is 49.2 Å². The minimum atomic E-state index is -0.148. The van der Waals surface area contributed by atoms with Crippen LogP contribution < -0.4 is 11.1 Å². The van der Waals surface area contributed by atoms with Gasteiger partial charge in [-0.25, -0.2) is 0 Å². The summed E-state index contributed by atoms with van der Waals surface area (Å²) in [5, 5.41) is 2.95. The summed E-state index contributed by atoms with van der Waals surface area (Å²) in [6.45, 7) is 7.29. The summed E-state index contributed by atoms with van der Waals surface area (Å²) < 4.78 is 0. The maximum absolute atomic E-state index is 13.0. The number of thiol groups is 1. The van der Waals surface area contributed by atoms with Crippen LogP contribution in [0.5, 0.6) is 0 Å². The lowest BCUT2D eigenvalue weighted by Gasteiger charge is -2.23. The maximum Gasteiger partial charge on any atom is 0.255 e. The van der Waals surface area contributed by atoms with Crippen LogP contribution in [0.2, 0.25) is 0 Å². The molecule has 4 nitrogen and oxygen atoms in total. The molecule has 5 heteroatoms. The predicted molar refractivity (Wildman–Crippen MR) is 134 cm³/mol. The number of benzene rings is 3. The molecule has 0 aliphatic heterocycles. The molecule has 0 aliphatic rings. The Bertz CT molecular complexity index is 1010. The highest BCUT2D eigenvalue weighted by Gasteiger charge is 2.14. The van der Waals surface area contributed by atoms with E-state index in [1.807, 2.05) is 30.3 Å². The minimum Gasteiger partial charge on any atom is -0.398 e. The van der Waals surface area contributed by atoms with E-state index in [0.29, 0.717) is 21.8 Å². The number of amides is 1. The summed E-state index contributed by atoms with van der Waals surface area (Å²) in [6, 6.07) is 21.6. The second-order valence-corrected chi connectivity index (χ2v) is 8.22. The maximum atomic E-state index is 13.0. The van der Waals surface area contributed by atoms with Gasteiger partial charge in [-0.2, -0.15) is 0 Å². The monoisotopic (exact) mass is 433 g/mol. The smallest absolute Gasteiger partial charge is 0.255 e. The molecule has 0 aromatic heterocycles. The van der Waals surface area contributed by atoms with Crippen LogP contribution >= 0.6 is 12.6 Å². The number of nitrogen functional groups attached to an aromatic ring is 1. The summed E-state index contributed by atoms with van der Waals surface area (Å²) in [7, 11) is 0. The second kappa shape index (κ2) is 11.0. The Morgan fingerprint density at radius 3 is 2.32 bits per heavy atom. The van der Waals surface area contributed by atoms with Gasteiger partial charge in [0.25, 0.3) is 5.91 Å². The third-order valence-electron chi connectivity index (χ3n) is 5.21. The van der Waals surface area contributed by atoms with E-state index in [1.165, 1.54) is 0 Å². The van der Waals surface area contributed by atoms with E-state index in [-0.39, 0.29) is 5.91 Å². The number of nitrogens with zero attached hydrogens (tertiary/aromatic N) is 1. The van der Waals surface area contributed by atoms with E-state index in [1.54, 1.807) is 18.2 Å². The SMILES string of the molecule is CCCN(CCC)Cc1cc(C(=O)Nc2ccc(S)c(N)c2)ccc1-c1ccccc1. The quantitative estimate of drug-likeness (QED) is 0.282. The number of rotatable bonds is 9. The summed E-state index contributed by atoms with van der Waals surface area (Å²) in [4.78, 5) is 16.1. The van der Waals surface area contributed by atoms with Gasteiger partial charge < -0.3 is 11.1 Å². The lowest BCUT2D eigenvalue weighted by atomic mass is 9.96. The van der Waals surface area contributed by atoms with Crippen LogP contribution in [0.1, 0.15) is 42.6 Å². The van der Waals surface area contributed by atoms with Crippen molar-refractivity contribution >= 4 is 29.9 Å². The van der Waals surface area contributed by atoms with Gasteiger partial charge in [0.2, 0.25) is 0 Å². The molecule has 0 spiro atoms. The molecule has 3 N–H and O–H groups in total. The Morgan fingerprint density at radius 2 is 1.68 bits per heavy atom. The zero-order chi connectivity index (χ0) is 22.2. The first kappa shape index (κ1) is 22.9. The van der Waals surface area contributed by atoms with E-state index in [4.69, 9.17) is 5.73 Å². The summed E-state index contributed by atoms with van der Waals surface area (Å²) >= 11 is 4.29. The normalized spacial score (nSPS) is 11.0. The number of carbonyl (C=O) groups is 1. The van der Waals surface area contributed by atoms with Gasteiger partial charge in [0.05, 0.1) is 0 Å². The number of nitrogens with two attached hydrogens (primary N) is 1. The average molecular weight is 434 g/mol. The fraction of sp³-hybridized carbons (Fsp3) is 0.269. The van der Waals surface area contributed by atoms with Crippen LogP contribution in [0.4, 0.5) is 11.4 Å². The van der Waals surface area contributed by atoms with Crippen LogP contribution in [-0.4, -0.2) is 23.9 Å². The van der Waals surface area contributed by atoms with Gasteiger partial charge in [0, 0.05) is 28.4 Å². The molecule has 0 atom stereocenters. The lowest BCUT2D eigenvalue weighted by molar-refractivity contribution is 0.102. The van der Waals surface area contributed by atoms with E-state index in [2.05, 4.69) is 54.9 Å². The van der Waals surface area contributed by atoms with E-state index in [9.17, 15) is 4.79 Å². The van der Waals surface area contributed by atoms with E-state index >= 15 is 0 Å². The first-order chi connectivity index (χ1) is 15.0. The Balaban J connectivity index is 1.92. The lowest BCUT2D eigenvalue weighted by Crippen LogP contribution is -2.25. The number of carbonyl (C=O) groups excluding carboxylic acids is 1. The van der Waals surface area contributed by atoms with Gasteiger partial charge in [-0.1, -0.05) is 50.2 Å². The molecule has 0 aliphatic carbocycles. The molecule has 3 rings (SSSR count). The topological polar surface area (TPSA) is 58.4 Å². The number of hydrogen-bond acceptors (Lipinski definition) is 4.